The topological polar surface area (TPSA) is 9.23 Å². The van der Waals surface area contributed by atoms with Gasteiger partial charge in [-0.25, -0.2) is 13.2 Å². The predicted molar refractivity (Wildman–Crippen MR) is 74.7 cm³/mol. The van der Waals surface area contributed by atoms with E-state index in [-0.39, 0.29) is 11.6 Å². The maximum absolute atomic E-state index is 13.7. The zero-order chi connectivity index (χ0) is 14.7. The normalized spacial score (nSPS) is 10.7. The Morgan fingerprint density at radius 3 is 2.10 bits per heavy atom. The van der Waals surface area contributed by atoms with Crippen LogP contribution in [0.25, 0.3) is 0 Å². The van der Waals surface area contributed by atoms with Crippen LogP contribution in [0.4, 0.5) is 13.2 Å². The summed E-state index contributed by atoms with van der Waals surface area (Å²) in [6.45, 7) is -0.157. The minimum Gasteiger partial charge on any atom is -0.483 e. The highest BCUT2D eigenvalue weighted by molar-refractivity contribution is 9.08. The molecule has 6 heteroatoms. The van der Waals surface area contributed by atoms with Crippen LogP contribution in [0.2, 0.25) is 5.02 Å². The van der Waals surface area contributed by atoms with Crippen LogP contribution >= 0.6 is 27.5 Å². The molecule has 2 aromatic rings. The summed E-state index contributed by atoms with van der Waals surface area (Å²) in [7, 11) is 0. The van der Waals surface area contributed by atoms with Gasteiger partial charge in [-0.1, -0.05) is 33.6 Å². The third-order valence-corrected chi connectivity index (χ3v) is 3.53. The van der Waals surface area contributed by atoms with E-state index in [1.165, 1.54) is 24.3 Å². The van der Waals surface area contributed by atoms with Gasteiger partial charge in [0, 0.05) is 5.33 Å². The molecular weight excluding hydrogens is 357 g/mol. The van der Waals surface area contributed by atoms with Gasteiger partial charge < -0.3 is 4.74 Å². The summed E-state index contributed by atoms with van der Waals surface area (Å²) < 4.78 is 45.6. The first-order chi connectivity index (χ1) is 9.51. The number of benzene rings is 2. The lowest BCUT2D eigenvalue weighted by Gasteiger charge is -2.10. The molecule has 1 nitrogen and oxygen atoms in total. The molecule has 106 valence electrons. The average Bonchev–Trinajstić information content (AvgIpc) is 2.41. The highest BCUT2D eigenvalue weighted by atomic mass is 79.9. The number of halogens is 5. The molecule has 0 spiro atoms. The fourth-order valence-electron chi connectivity index (χ4n) is 1.61. The van der Waals surface area contributed by atoms with Crippen LogP contribution in [0, 0.1) is 17.5 Å². The van der Waals surface area contributed by atoms with Crippen molar-refractivity contribution in [2.45, 2.75) is 11.9 Å². The summed E-state index contributed by atoms with van der Waals surface area (Å²) in [4.78, 5) is 0. The monoisotopic (exact) mass is 364 g/mol. The average molecular weight is 366 g/mol. The van der Waals surface area contributed by atoms with Crippen molar-refractivity contribution in [2.75, 3.05) is 0 Å². The highest BCUT2D eigenvalue weighted by Gasteiger charge is 2.13. The van der Waals surface area contributed by atoms with Gasteiger partial charge in [0.05, 0.1) is 5.02 Å². The molecule has 0 aromatic heterocycles. The molecule has 0 amide bonds. The van der Waals surface area contributed by atoms with Crippen molar-refractivity contribution in [1.29, 1.82) is 0 Å². The van der Waals surface area contributed by atoms with Gasteiger partial charge in [0.1, 0.15) is 12.4 Å². The number of rotatable bonds is 4. The Bertz CT molecular complexity index is 611. The molecule has 20 heavy (non-hydrogen) atoms. The quantitative estimate of drug-likeness (QED) is 0.674. The molecule has 0 aliphatic carbocycles. The van der Waals surface area contributed by atoms with E-state index in [0.29, 0.717) is 16.5 Å². The van der Waals surface area contributed by atoms with Gasteiger partial charge in [-0.2, -0.15) is 0 Å². The fourth-order valence-corrected chi connectivity index (χ4v) is 2.05. The summed E-state index contributed by atoms with van der Waals surface area (Å²) in [5.41, 5.74) is 0.889. The smallest absolute Gasteiger partial charge is 0.191 e. The SMILES string of the molecule is Fc1cc(COc2c(F)cc(CBr)cc2F)ccc1Cl. The van der Waals surface area contributed by atoms with E-state index in [4.69, 9.17) is 16.3 Å². The van der Waals surface area contributed by atoms with E-state index in [1.54, 1.807) is 0 Å². The summed E-state index contributed by atoms with van der Waals surface area (Å²) in [6, 6.07) is 6.39. The van der Waals surface area contributed by atoms with Crippen LogP contribution in [-0.2, 0) is 11.9 Å². The molecule has 0 saturated carbocycles. The Hall–Kier alpha value is -1.20. The predicted octanol–water partition coefficient (Wildman–Crippen LogP) is 5.23. The fraction of sp³-hybridized carbons (Fsp3) is 0.143. The second-order valence-electron chi connectivity index (χ2n) is 4.06. The highest BCUT2D eigenvalue weighted by Crippen LogP contribution is 2.25. The van der Waals surface area contributed by atoms with E-state index in [0.717, 1.165) is 6.07 Å². The van der Waals surface area contributed by atoms with Gasteiger partial charge in [0.25, 0.3) is 0 Å². The Morgan fingerprint density at radius 2 is 1.55 bits per heavy atom. The van der Waals surface area contributed by atoms with Crippen molar-refractivity contribution in [2.24, 2.45) is 0 Å². The van der Waals surface area contributed by atoms with Gasteiger partial charge in [-0.05, 0) is 35.4 Å². The van der Waals surface area contributed by atoms with Crippen molar-refractivity contribution in [3.8, 4) is 5.75 Å². The molecule has 0 aliphatic heterocycles. The molecule has 0 N–H and O–H groups in total. The lowest BCUT2D eigenvalue weighted by molar-refractivity contribution is 0.273. The number of hydrogen-bond donors (Lipinski definition) is 0. The minimum absolute atomic E-state index is 0.0206. The second kappa shape index (κ2) is 6.50. The maximum atomic E-state index is 13.7. The van der Waals surface area contributed by atoms with Crippen LogP contribution in [0.15, 0.2) is 30.3 Å². The van der Waals surface area contributed by atoms with Gasteiger partial charge in [-0.3, -0.25) is 0 Å². The van der Waals surface area contributed by atoms with Crippen LogP contribution in [0.5, 0.6) is 5.75 Å². The van der Waals surface area contributed by atoms with Crippen LogP contribution < -0.4 is 4.74 Å². The van der Waals surface area contributed by atoms with E-state index in [1.807, 2.05) is 0 Å². The van der Waals surface area contributed by atoms with Crippen LogP contribution in [0.3, 0.4) is 0 Å². The van der Waals surface area contributed by atoms with Crippen molar-refractivity contribution in [3.05, 3.63) is 63.9 Å². The largest absolute Gasteiger partial charge is 0.483 e. The first-order valence-corrected chi connectivity index (χ1v) is 7.12. The number of hydrogen-bond acceptors (Lipinski definition) is 1. The van der Waals surface area contributed by atoms with Gasteiger partial charge in [0.2, 0.25) is 0 Å². The zero-order valence-electron chi connectivity index (χ0n) is 10.1. The first kappa shape index (κ1) is 15.2. The molecule has 0 saturated heterocycles. The molecule has 0 unspecified atom stereocenters. The van der Waals surface area contributed by atoms with Gasteiger partial charge in [0.15, 0.2) is 17.4 Å². The van der Waals surface area contributed by atoms with Crippen molar-refractivity contribution >= 4 is 27.5 Å². The number of alkyl halides is 1. The molecule has 2 aromatic carbocycles. The van der Waals surface area contributed by atoms with E-state index in [9.17, 15) is 13.2 Å². The molecular formula is C14H9BrClF3O. The van der Waals surface area contributed by atoms with Gasteiger partial charge in [-0.15, -0.1) is 0 Å². The van der Waals surface area contributed by atoms with Crippen molar-refractivity contribution < 1.29 is 17.9 Å². The Balaban J connectivity index is 2.16. The molecule has 0 radical (unpaired) electrons. The summed E-state index contributed by atoms with van der Waals surface area (Å²) >= 11 is 8.65. The molecule has 0 atom stereocenters. The van der Waals surface area contributed by atoms with Crippen LogP contribution in [0.1, 0.15) is 11.1 Å². The van der Waals surface area contributed by atoms with E-state index < -0.39 is 23.2 Å². The molecule has 0 aliphatic rings. The summed E-state index contributed by atoms with van der Waals surface area (Å²) in [5.74, 6) is -2.68. The number of ether oxygens (including phenoxy) is 1. The Kier molecular flexibility index (Phi) is 4.94. The Labute approximate surface area is 127 Å². The van der Waals surface area contributed by atoms with Gasteiger partial charge >= 0.3 is 0 Å². The third kappa shape index (κ3) is 3.46. The third-order valence-electron chi connectivity index (χ3n) is 2.58. The Morgan fingerprint density at radius 1 is 0.950 bits per heavy atom. The zero-order valence-corrected chi connectivity index (χ0v) is 12.4. The van der Waals surface area contributed by atoms with E-state index in [2.05, 4.69) is 15.9 Å². The molecule has 2 rings (SSSR count). The van der Waals surface area contributed by atoms with Crippen molar-refractivity contribution in [3.63, 3.8) is 0 Å². The summed E-state index contributed by atoms with van der Waals surface area (Å²) in [5, 5.41) is 0.316. The molecule has 0 fully saturated rings. The maximum Gasteiger partial charge on any atom is 0.191 e. The molecule has 0 bridgehead atoms. The standard InChI is InChI=1S/C14H9BrClF3O/c15-6-9-4-12(18)14(13(19)5-9)20-7-8-1-2-10(16)11(17)3-8/h1-5H,6-7H2. The minimum atomic E-state index is -0.797. The van der Waals surface area contributed by atoms with Crippen molar-refractivity contribution in [1.82, 2.24) is 0 Å². The lowest BCUT2D eigenvalue weighted by atomic mass is 10.2. The molecule has 0 heterocycles. The van der Waals surface area contributed by atoms with Crippen LogP contribution in [-0.4, -0.2) is 0 Å². The first-order valence-electron chi connectivity index (χ1n) is 5.62. The second-order valence-corrected chi connectivity index (χ2v) is 5.03. The van der Waals surface area contributed by atoms with E-state index >= 15 is 0 Å². The summed E-state index contributed by atoms with van der Waals surface area (Å²) in [6.07, 6.45) is 0. The lowest BCUT2D eigenvalue weighted by Crippen LogP contribution is -2.01.